The van der Waals surface area contributed by atoms with Gasteiger partial charge in [0.05, 0.1) is 0 Å². The van der Waals surface area contributed by atoms with Gasteiger partial charge in [0, 0.05) is 13.0 Å². The van der Waals surface area contributed by atoms with E-state index in [4.69, 9.17) is 15.6 Å². The summed E-state index contributed by atoms with van der Waals surface area (Å²) in [5.74, 6) is -0.833. The Kier molecular flexibility index (Phi) is 20.0. The Hall–Kier alpha value is -0.570. The SMILES string of the molecule is CC(=O)O.CCCCCCCCCCCC(N)CCC. The highest BCUT2D eigenvalue weighted by molar-refractivity contribution is 5.62. The van der Waals surface area contributed by atoms with Gasteiger partial charge in [-0.1, -0.05) is 78.1 Å². The van der Waals surface area contributed by atoms with E-state index in [0.29, 0.717) is 6.04 Å². The van der Waals surface area contributed by atoms with Crippen molar-refractivity contribution in [3.63, 3.8) is 0 Å². The van der Waals surface area contributed by atoms with Crippen LogP contribution in [0.15, 0.2) is 0 Å². The Labute approximate surface area is 126 Å². The van der Waals surface area contributed by atoms with Crippen molar-refractivity contribution in [3.8, 4) is 0 Å². The maximum absolute atomic E-state index is 9.00. The van der Waals surface area contributed by atoms with Crippen LogP contribution in [0.2, 0.25) is 0 Å². The van der Waals surface area contributed by atoms with Crippen molar-refractivity contribution in [2.75, 3.05) is 0 Å². The molecule has 0 saturated heterocycles. The molecule has 0 rings (SSSR count). The normalized spacial score (nSPS) is 11.6. The molecule has 0 aromatic rings. The molecule has 0 fully saturated rings. The van der Waals surface area contributed by atoms with E-state index in [9.17, 15) is 0 Å². The number of aliphatic carboxylic acids is 1. The van der Waals surface area contributed by atoms with E-state index < -0.39 is 5.97 Å². The molecule has 20 heavy (non-hydrogen) atoms. The highest BCUT2D eigenvalue weighted by Gasteiger charge is 2.00. The van der Waals surface area contributed by atoms with Crippen molar-refractivity contribution >= 4 is 5.97 Å². The lowest BCUT2D eigenvalue weighted by atomic mass is 10.0. The van der Waals surface area contributed by atoms with Crippen LogP contribution in [0.25, 0.3) is 0 Å². The fraction of sp³-hybridized carbons (Fsp3) is 0.941. The average molecular weight is 287 g/mol. The van der Waals surface area contributed by atoms with Crippen molar-refractivity contribution in [2.24, 2.45) is 5.73 Å². The van der Waals surface area contributed by atoms with Gasteiger partial charge in [0.15, 0.2) is 0 Å². The standard InChI is InChI=1S/C15H33N.C2H4O2/c1-3-5-6-7-8-9-10-11-12-14-15(16)13-4-2;1-2(3)4/h15H,3-14,16H2,1-2H3;1H3,(H,3,4). The Morgan fingerprint density at radius 2 is 1.25 bits per heavy atom. The minimum absolute atomic E-state index is 0.467. The third-order valence-electron chi connectivity index (χ3n) is 3.34. The first kappa shape index (κ1) is 21.7. The predicted molar refractivity (Wildman–Crippen MR) is 88.0 cm³/mol. The van der Waals surface area contributed by atoms with Gasteiger partial charge in [-0.05, 0) is 12.8 Å². The topological polar surface area (TPSA) is 63.3 Å². The summed E-state index contributed by atoms with van der Waals surface area (Å²) in [6, 6.07) is 0.467. The molecule has 0 amide bonds. The zero-order valence-corrected chi connectivity index (χ0v) is 14.0. The zero-order chi connectivity index (χ0) is 15.6. The minimum Gasteiger partial charge on any atom is -0.481 e. The highest BCUT2D eigenvalue weighted by Crippen LogP contribution is 2.11. The Morgan fingerprint density at radius 3 is 1.65 bits per heavy atom. The van der Waals surface area contributed by atoms with Crippen LogP contribution < -0.4 is 5.73 Å². The van der Waals surface area contributed by atoms with Crippen molar-refractivity contribution in [1.29, 1.82) is 0 Å². The second-order valence-electron chi connectivity index (χ2n) is 5.68. The number of carboxylic acids is 1. The van der Waals surface area contributed by atoms with Crippen molar-refractivity contribution in [3.05, 3.63) is 0 Å². The summed E-state index contributed by atoms with van der Waals surface area (Å²) in [5.41, 5.74) is 5.98. The smallest absolute Gasteiger partial charge is 0.300 e. The lowest BCUT2D eigenvalue weighted by Crippen LogP contribution is -2.18. The van der Waals surface area contributed by atoms with E-state index in [2.05, 4.69) is 13.8 Å². The Morgan fingerprint density at radius 1 is 0.850 bits per heavy atom. The van der Waals surface area contributed by atoms with E-state index >= 15 is 0 Å². The molecule has 0 radical (unpaired) electrons. The average Bonchev–Trinajstić information content (AvgIpc) is 2.36. The fourth-order valence-electron chi connectivity index (χ4n) is 2.23. The summed E-state index contributed by atoms with van der Waals surface area (Å²) in [5, 5.41) is 7.42. The molecule has 122 valence electrons. The van der Waals surface area contributed by atoms with Gasteiger partial charge in [-0.3, -0.25) is 4.79 Å². The van der Waals surface area contributed by atoms with Crippen LogP contribution >= 0.6 is 0 Å². The molecule has 1 atom stereocenters. The van der Waals surface area contributed by atoms with E-state index in [1.165, 1.54) is 77.0 Å². The van der Waals surface area contributed by atoms with Gasteiger partial charge in [-0.15, -0.1) is 0 Å². The molecule has 3 N–H and O–H groups in total. The summed E-state index contributed by atoms with van der Waals surface area (Å²) in [6.07, 6.45) is 16.4. The molecule has 0 spiro atoms. The van der Waals surface area contributed by atoms with Crippen LogP contribution in [0.4, 0.5) is 0 Å². The van der Waals surface area contributed by atoms with Gasteiger partial charge in [0.1, 0.15) is 0 Å². The minimum atomic E-state index is -0.833. The van der Waals surface area contributed by atoms with E-state index in [0.717, 1.165) is 6.92 Å². The first-order valence-corrected chi connectivity index (χ1v) is 8.49. The second-order valence-corrected chi connectivity index (χ2v) is 5.68. The Balaban J connectivity index is 0. The molecule has 0 heterocycles. The van der Waals surface area contributed by atoms with Crippen LogP contribution in [0.1, 0.15) is 97.8 Å². The quantitative estimate of drug-likeness (QED) is 0.489. The number of hydrogen-bond acceptors (Lipinski definition) is 2. The highest BCUT2D eigenvalue weighted by atomic mass is 16.4. The van der Waals surface area contributed by atoms with Crippen molar-refractivity contribution in [2.45, 2.75) is 104 Å². The fourth-order valence-corrected chi connectivity index (χ4v) is 2.23. The summed E-state index contributed by atoms with van der Waals surface area (Å²) in [6.45, 7) is 5.58. The summed E-state index contributed by atoms with van der Waals surface area (Å²) in [4.78, 5) is 9.00. The first-order chi connectivity index (χ1) is 9.54. The molecule has 0 aromatic carbocycles. The number of hydrogen-bond donors (Lipinski definition) is 2. The number of unbranched alkanes of at least 4 members (excludes halogenated alkanes) is 8. The van der Waals surface area contributed by atoms with Crippen molar-refractivity contribution in [1.82, 2.24) is 0 Å². The van der Waals surface area contributed by atoms with Gasteiger partial charge in [-0.2, -0.15) is 0 Å². The number of carbonyl (C=O) groups is 1. The van der Waals surface area contributed by atoms with Crippen molar-refractivity contribution < 1.29 is 9.90 Å². The van der Waals surface area contributed by atoms with Gasteiger partial charge >= 0.3 is 0 Å². The van der Waals surface area contributed by atoms with Crippen LogP contribution in [0.3, 0.4) is 0 Å². The summed E-state index contributed by atoms with van der Waals surface area (Å²) >= 11 is 0. The van der Waals surface area contributed by atoms with Gasteiger partial charge in [0.25, 0.3) is 5.97 Å². The number of carboxylic acid groups (broad SMARTS) is 1. The van der Waals surface area contributed by atoms with E-state index in [1.54, 1.807) is 0 Å². The molecule has 0 bridgehead atoms. The lowest BCUT2D eigenvalue weighted by Gasteiger charge is -2.09. The molecule has 0 aliphatic rings. The molecular weight excluding hydrogens is 250 g/mol. The lowest BCUT2D eigenvalue weighted by molar-refractivity contribution is -0.134. The maximum atomic E-state index is 9.00. The zero-order valence-electron chi connectivity index (χ0n) is 14.0. The molecule has 1 unspecified atom stereocenters. The van der Waals surface area contributed by atoms with Gasteiger partial charge in [0.2, 0.25) is 0 Å². The molecule has 0 aliphatic heterocycles. The number of rotatable bonds is 12. The van der Waals surface area contributed by atoms with E-state index in [1.807, 2.05) is 0 Å². The Bertz CT molecular complexity index is 191. The van der Waals surface area contributed by atoms with E-state index in [-0.39, 0.29) is 0 Å². The molecule has 0 saturated carbocycles. The third kappa shape index (κ3) is 26.1. The second kappa shape index (κ2) is 18.4. The predicted octanol–water partition coefficient (Wildman–Crippen LogP) is 5.13. The number of nitrogens with two attached hydrogens (primary N) is 1. The maximum Gasteiger partial charge on any atom is 0.300 e. The molecule has 0 aromatic heterocycles. The van der Waals surface area contributed by atoms with Crippen LogP contribution in [0.5, 0.6) is 0 Å². The molecule has 0 aliphatic carbocycles. The van der Waals surface area contributed by atoms with Crippen LogP contribution in [-0.4, -0.2) is 17.1 Å². The van der Waals surface area contributed by atoms with Gasteiger partial charge < -0.3 is 10.8 Å². The van der Waals surface area contributed by atoms with Gasteiger partial charge in [-0.25, -0.2) is 0 Å². The van der Waals surface area contributed by atoms with Crippen LogP contribution in [-0.2, 0) is 4.79 Å². The third-order valence-corrected chi connectivity index (χ3v) is 3.34. The molecule has 3 heteroatoms. The molecular formula is C17H37NO2. The molecule has 3 nitrogen and oxygen atoms in total. The van der Waals surface area contributed by atoms with Crippen LogP contribution in [0, 0.1) is 0 Å². The summed E-state index contributed by atoms with van der Waals surface area (Å²) in [7, 11) is 0. The monoisotopic (exact) mass is 287 g/mol. The first-order valence-electron chi connectivity index (χ1n) is 8.49. The largest absolute Gasteiger partial charge is 0.481 e. The summed E-state index contributed by atoms with van der Waals surface area (Å²) < 4.78 is 0.